The number of nitrogens with zero attached hydrogens (tertiary/aromatic N) is 3. The lowest BCUT2D eigenvalue weighted by Crippen LogP contribution is -1.94. The molecular weight excluding hydrogens is 326 g/mol. The minimum absolute atomic E-state index is 0.670. The highest BCUT2D eigenvalue weighted by Crippen LogP contribution is 2.34. The predicted octanol–water partition coefficient (Wildman–Crippen LogP) is 4.41. The van der Waals surface area contributed by atoms with Gasteiger partial charge >= 0.3 is 0 Å². The van der Waals surface area contributed by atoms with Crippen molar-refractivity contribution < 1.29 is 9.47 Å². The lowest BCUT2D eigenvalue weighted by Gasteiger charge is -2.11. The molecule has 2 aromatic heterocycles. The van der Waals surface area contributed by atoms with Crippen LogP contribution < -0.4 is 9.47 Å². The molecule has 0 atom stereocenters. The number of hydrogen-bond donors (Lipinski definition) is 0. The van der Waals surface area contributed by atoms with Gasteiger partial charge in [0.2, 0.25) is 0 Å². The Bertz CT molecular complexity index is 1070. The van der Waals surface area contributed by atoms with Crippen LogP contribution >= 0.6 is 0 Å². The fourth-order valence-corrected chi connectivity index (χ4v) is 3.05. The molecule has 0 spiro atoms. The monoisotopic (exact) mass is 345 g/mol. The summed E-state index contributed by atoms with van der Waals surface area (Å²) in [6.45, 7) is 2.07. The molecule has 2 heterocycles. The van der Waals surface area contributed by atoms with E-state index in [2.05, 4.69) is 18.1 Å². The largest absolute Gasteiger partial charge is 0.493 e. The topological polar surface area (TPSA) is 49.2 Å². The number of para-hydroxylation sites is 1. The van der Waals surface area contributed by atoms with Crippen molar-refractivity contribution >= 4 is 10.9 Å². The average molecular weight is 345 g/mol. The fourth-order valence-electron chi connectivity index (χ4n) is 3.05. The third-order valence-corrected chi connectivity index (χ3v) is 4.42. The van der Waals surface area contributed by atoms with Crippen molar-refractivity contribution in [3.05, 3.63) is 66.5 Å². The van der Waals surface area contributed by atoms with Crippen LogP contribution in [0.3, 0.4) is 0 Å². The van der Waals surface area contributed by atoms with Gasteiger partial charge in [-0.1, -0.05) is 18.2 Å². The Kier molecular flexibility index (Phi) is 4.05. The van der Waals surface area contributed by atoms with Crippen molar-refractivity contribution in [1.82, 2.24) is 14.8 Å². The number of methoxy groups -OCH3 is 2. The van der Waals surface area contributed by atoms with Crippen LogP contribution in [0.15, 0.2) is 60.9 Å². The molecule has 0 amide bonds. The molecule has 0 unspecified atom stereocenters. The molecule has 0 fully saturated rings. The van der Waals surface area contributed by atoms with Crippen LogP contribution in [0.5, 0.6) is 11.5 Å². The molecule has 4 rings (SSSR count). The number of benzene rings is 2. The first kappa shape index (κ1) is 16.1. The number of pyridine rings is 1. The summed E-state index contributed by atoms with van der Waals surface area (Å²) in [5.41, 5.74) is 4.85. The maximum absolute atomic E-state index is 5.41. The predicted molar refractivity (Wildman–Crippen MR) is 102 cm³/mol. The number of fused-ring (bicyclic) bond motifs is 1. The van der Waals surface area contributed by atoms with Gasteiger partial charge in [-0.05, 0) is 36.8 Å². The molecule has 130 valence electrons. The summed E-state index contributed by atoms with van der Waals surface area (Å²) in [6.07, 6.45) is 3.82. The number of hydrogen-bond acceptors (Lipinski definition) is 4. The van der Waals surface area contributed by atoms with Gasteiger partial charge in [0.15, 0.2) is 11.5 Å². The molecule has 26 heavy (non-hydrogen) atoms. The number of aryl methyl sites for hydroxylation is 1. The first-order valence-corrected chi connectivity index (χ1v) is 8.33. The molecule has 0 saturated heterocycles. The Morgan fingerprint density at radius 2 is 1.65 bits per heavy atom. The van der Waals surface area contributed by atoms with Crippen molar-refractivity contribution in [3.63, 3.8) is 0 Å². The molecule has 0 aliphatic heterocycles. The molecule has 0 saturated carbocycles. The van der Waals surface area contributed by atoms with E-state index in [9.17, 15) is 0 Å². The van der Waals surface area contributed by atoms with Crippen molar-refractivity contribution in [2.45, 2.75) is 6.92 Å². The molecule has 0 bridgehead atoms. The number of rotatable bonds is 4. The van der Waals surface area contributed by atoms with Crippen LogP contribution in [0.2, 0.25) is 0 Å². The Hall–Kier alpha value is -3.34. The van der Waals surface area contributed by atoms with Gasteiger partial charge in [-0.3, -0.25) is 0 Å². The van der Waals surface area contributed by atoms with E-state index in [0.29, 0.717) is 11.5 Å². The normalized spacial score (nSPS) is 10.9. The second-order valence-electron chi connectivity index (χ2n) is 6.06. The zero-order valence-electron chi connectivity index (χ0n) is 14.9. The Morgan fingerprint density at radius 1 is 0.923 bits per heavy atom. The van der Waals surface area contributed by atoms with E-state index in [1.165, 1.54) is 0 Å². The minimum Gasteiger partial charge on any atom is -0.493 e. The van der Waals surface area contributed by atoms with Gasteiger partial charge in [0.05, 0.1) is 37.3 Å². The van der Waals surface area contributed by atoms with Crippen LogP contribution in [0.1, 0.15) is 5.56 Å². The molecule has 2 aromatic carbocycles. The fraction of sp³-hybridized carbons (Fsp3) is 0.143. The van der Waals surface area contributed by atoms with Crippen LogP contribution in [0, 0.1) is 6.92 Å². The summed E-state index contributed by atoms with van der Waals surface area (Å²) in [5.74, 6) is 1.37. The summed E-state index contributed by atoms with van der Waals surface area (Å²) in [5, 5.41) is 5.51. The zero-order valence-corrected chi connectivity index (χ0v) is 14.9. The summed E-state index contributed by atoms with van der Waals surface area (Å²) in [6, 6.07) is 16.0. The first-order valence-electron chi connectivity index (χ1n) is 8.33. The SMILES string of the molecule is COc1cc2nc(-c3cnn(-c4ccccc4)c3)cc(C)c2cc1OC. The van der Waals surface area contributed by atoms with Crippen molar-refractivity contribution in [1.29, 1.82) is 0 Å². The molecule has 0 N–H and O–H groups in total. The standard InChI is InChI=1S/C21H19N3O2/c1-14-9-18(15-12-22-24(13-15)16-7-5-4-6-8-16)23-19-11-21(26-3)20(25-2)10-17(14)19/h4-13H,1-3H3. The van der Waals surface area contributed by atoms with E-state index in [1.807, 2.05) is 59.5 Å². The number of aromatic nitrogens is 3. The lowest BCUT2D eigenvalue weighted by atomic mass is 10.1. The molecule has 5 heteroatoms. The molecule has 0 radical (unpaired) electrons. The molecule has 4 aromatic rings. The summed E-state index contributed by atoms with van der Waals surface area (Å²) < 4.78 is 12.7. The average Bonchev–Trinajstić information content (AvgIpc) is 3.18. The lowest BCUT2D eigenvalue weighted by molar-refractivity contribution is 0.356. The highest BCUT2D eigenvalue weighted by atomic mass is 16.5. The van der Waals surface area contributed by atoms with Crippen LogP contribution in [0.4, 0.5) is 0 Å². The highest BCUT2D eigenvalue weighted by Gasteiger charge is 2.12. The maximum Gasteiger partial charge on any atom is 0.162 e. The van der Waals surface area contributed by atoms with Gasteiger partial charge in [-0.2, -0.15) is 5.10 Å². The summed E-state index contributed by atoms with van der Waals surface area (Å²) >= 11 is 0. The first-order chi connectivity index (χ1) is 12.7. The summed E-state index contributed by atoms with van der Waals surface area (Å²) in [4.78, 5) is 4.81. The van der Waals surface area contributed by atoms with Crippen LogP contribution in [-0.2, 0) is 0 Å². The smallest absolute Gasteiger partial charge is 0.162 e. The summed E-state index contributed by atoms with van der Waals surface area (Å²) in [7, 11) is 3.27. The molecule has 5 nitrogen and oxygen atoms in total. The Labute approximate surface area is 151 Å². The molecule has 0 aliphatic carbocycles. The highest BCUT2D eigenvalue weighted by molar-refractivity contribution is 5.88. The second kappa shape index (κ2) is 6.52. The third-order valence-electron chi connectivity index (χ3n) is 4.42. The Morgan fingerprint density at radius 3 is 2.38 bits per heavy atom. The zero-order chi connectivity index (χ0) is 18.1. The van der Waals surface area contributed by atoms with Gasteiger partial charge in [0.1, 0.15) is 0 Å². The second-order valence-corrected chi connectivity index (χ2v) is 6.06. The minimum atomic E-state index is 0.670. The van der Waals surface area contributed by atoms with E-state index in [4.69, 9.17) is 14.5 Å². The van der Waals surface area contributed by atoms with Gasteiger partial charge in [0, 0.05) is 23.2 Å². The molecular formula is C21H19N3O2. The van der Waals surface area contributed by atoms with E-state index in [1.54, 1.807) is 14.2 Å². The van der Waals surface area contributed by atoms with Crippen molar-refractivity contribution in [2.24, 2.45) is 0 Å². The van der Waals surface area contributed by atoms with Gasteiger partial charge in [0.25, 0.3) is 0 Å². The van der Waals surface area contributed by atoms with Crippen LogP contribution in [0.25, 0.3) is 27.8 Å². The van der Waals surface area contributed by atoms with E-state index in [-0.39, 0.29) is 0 Å². The van der Waals surface area contributed by atoms with Gasteiger partial charge < -0.3 is 9.47 Å². The third kappa shape index (κ3) is 2.77. The van der Waals surface area contributed by atoms with Crippen molar-refractivity contribution in [3.8, 4) is 28.4 Å². The van der Waals surface area contributed by atoms with E-state index < -0.39 is 0 Å². The number of ether oxygens (including phenoxy) is 2. The Balaban J connectivity index is 1.81. The quantitative estimate of drug-likeness (QED) is 0.550. The molecule has 0 aliphatic rings. The van der Waals surface area contributed by atoms with Crippen LogP contribution in [-0.4, -0.2) is 29.0 Å². The van der Waals surface area contributed by atoms with Crippen molar-refractivity contribution in [2.75, 3.05) is 14.2 Å². The van der Waals surface area contributed by atoms with Gasteiger partial charge in [-0.25, -0.2) is 9.67 Å². The van der Waals surface area contributed by atoms with E-state index in [0.717, 1.165) is 33.4 Å². The van der Waals surface area contributed by atoms with Gasteiger partial charge in [-0.15, -0.1) is 0 Å². The van der Waals surface area contributed by atoms with E-state index >= 15 is 0 Å². The maximum atomic E-state index is 5.41.